The fourth-order valence-corrected chi connectivity index (χ4v) is 1.13. The Hall–Kier alpha value is -1.94. The van der Waals surface area contributed by atoms with E-state index in [-0.39, 0.29) is 5.57 Å². The molecule has 1 aromatic carbocycles. The second-order valence-corrected chi connectivity index (χ2v) is 3.16. The summed E-state index contributed by atoms with van der Waals surface area (Å²) < 4.78 is 0. The Morgan fingerprint density at radius 3 is 2.50 bits per heavy atom. The minimum atomic E-state index is -0.415. The SMILES string of the molecule is CNN(C)C(=O)C([C]=O)=Cc1ccccc1. The van der Waals surface area contributed by atoms with E-state index in [1.165, 1.54) is 11.1 Å². The van der Waals surface area contributed by atoms with Crippen molar-refractivity contribution in [2.75, 3.05) is 14.1 Å². The molecule has 1 radical (unpaired) electrons. The molecule has 0 spiro atoms. The maximum absolute atomic E-state index is 11.6. The summed E-state index contributed by atoms with van der Waals surface area (Å²) in [7, 11) is 3.14. The van der Waals surface area contributed by atoms with Gasteiger partial charge in [-0.2, -0.15) is 0 Å². The number of hydrogen-bond acceptors (Lipinski definition) is 3. The molecule has 1 aromatic rings. The molecule has 1 rings (SSSR count). The zero-order valence-corrected chi connectivity index (χ0v) is 9.23. The number of likely N-dealkylation sites (N-methyl/N-ethyl adjacent to an activating group) is 1. The number of benzene rings is 1. The van der Waals surface area contributed by atoms with Gasteiger partial charge in [-0.05, 0) is 11.6 Å². The first-order valence-corrected chi connectivity index (χ1v) is 4.79. The van der Waals surface area contributed by atoms with Gasteiger partial charge in [-0.15, -0.1) is 0 Å². The summed E-state index contributed by atoms with van der Waals surface area (Å²) in [6.07, 6.45) is 3.15. The van der Waals surface area contributed by atoms with Crippen LogP contribution in [-0.2, 0) is 9.59 Å². The monoisotopic (exact) mass is 217 g/mol. The third-order valence-electron chi connectivity index (χ3n) is 2.09. The first kappa shape index (κ1) is 12.1. The van der Waals surface area contributed by atoms with Crippen molar-refractivity contribution in [2.24, 2.45) is 0 Å². The molecule has 0 saturated heterocycles. The molecule has 0 saturated carbocycles. The molecule has 0 unspecified atom stereocenters. The van der Waals surface area contributed by atoms with Crippen LogP contribution < -0.4 is 5.43 Å². The van der Waals surface area contributed by atoms with Gasteiger partial charge in [0.25, 0.3) is 5.91 Å². The van der Waals surface area contributed by atoms with Crippen LogP contribution in [0, 0.1) is 0 Å². The number of nitrogens with one attached hydrogen (secondary N) is 1. The molecule has 1 N–H and O–H groups in total. The maximum atomic E-state index is 11.6. The van der Waals surface area contributed by atoms with E-state index in [0.29, 0.717) is 0 Å². The van der Waals surface area contributed by atoms with Crippen molar-refractivity contribution in [1.29, 1.82) is 0 Å². The van der Waals surface area contributed by atoms with Gasteiger partial charge in [-0.3, -0.25) is 14.6 Å². The fraction of sp³-hybridized carbons (Fsp3) is 0.167. The van der Waals surface area contributed by atoms with Crippen molar-refractivity contribution < 1.29 is 9.59 Å². The lowest BCUT2D eigenvalue weighted by molar-refractivity contribution is -0.127. The van der Waals surface area contributed by atoms with Crippen LogP contribution in [0.4, 0.5) is 0 Å². The number of nitrogens with zero attached hydrogens (tertiary/aromatic N) is 1. The van der Waals surface area contributed by atoms with E-state index in [2.05, 4.69) is 5.43 Å². The molecule has 83 valence electrons. The van der Waals surface area contributed by atoms with E-state index in [9.17, 15) is 9.59 Å². The molecule has 0 fully saturated rings. The molecule has 1 amide bonds. The molecular formula is C12H13N2O2. The highest BCUT2D eigenvalue weighted by Gasteiger charge is 2.13. The lowest BCUT2D eigenvalue weighted by atomic mass is 10.1. The Kier molecular flexibility index (Phi) is 4.42. The highest BCUT2D eigenvalue weighted by Crippen LogP contribution is 2.06. The first-order valence-electron chi connectivity index (χ1n) is 4.79. The molecule has 0 aromatic heterocycles. The van der Waals surface area contributed by atoms with Crippen LogP contribution in [0.2, 0.25) is 0 Å². The van der Waals surface area contributed by atoms with Gasteiger partial charge in [0.05, 0.1) is 5.57 Å². The summed E-state index contributed by atoms with van der Waals surface area (Å²) in [6.45, 7) is 0. The van der Waals surface area contributed by atoms with E-state index in [4.69, 9.17) is 0 Å². The zero-order valence-electron chi connectivity index (χ0n) is 9.23. The quantitative estimate of drug-likeness (QED) is 0.351. The number of hydrogen-bond donors (Lipinski definition) is 1. The Balaban J connectivity index is 2.95. The molecule has 0 heterocycles. The fourth-order valence-electron chi connectivity index (χ4n) is 1.13. The number of amides is 1. The largest absolute Gasteiger partial charge is 0.285 e. The first-order chi connectivity index (χ1) is 7.69. The van der Waals surface area contributed by atoms with Gasteiger partial charge in [0.15, 0.2) is 0 Å². The Morgan fingerprint density at radius 1 is 1.38 bits per heavy atom. The normalized spacial score (nSPS) is 11.0. The van der Waals surface area contributed by atoms with Gasteiger partial charge in [0.2, 0.25) is 6.29 Å². The van der Waals surface area contributed by atoms with Gasteiger partial charge in [-0.25, -0.2) is 5.43 Å². The van der Waals surface area contributed by atoms with Crippen molar-refractivity contribution >= 4 is 18.3 Å². The standard InChI is InChI=1S/C12H13N2O2/c1-13-14(2)12(16)11(9-15)8-10-6-4-3-5-7-10/h3-8,13H,1-2H3. The molecular weight excluding hydrogens is 204 g/mol. The van der Waals surface area contributed by atoms with Crippen LogP contribution in [0.25, 0.3) is 6.08 Å². The summed E-state index contributed by atoms with van der Waals surface area (Å²) in [5.41, 5.74) is 3.41. The number of hydrazine groups is 1. The molecule has 4 nitrogen and oxygen atoms in total. The number of carbonyl (C=O) groups excluding carboxylic acids is 2. The minimum Gasteiger partial charge on any atom is -0.285 e. The van der Waals surface area contributed by atoms with Gasteiger partial charge >= 0.3 is 0 Å². The van der Waals surface area contributed by atoms with Crippen molar-refractivity contribution in [3.63, 3.8) is 0 Å². The topological polar surface area (TPSA) is 49.4 Å². The summed E-state index contributed by atoms with van der Waals surface area (Å²) in [5.74, 6) is -0.415. The lowest BCUT2D eigenvalue weighted by Crippen LogP contribution is -2.37. The predicted octanol–water partition coefficient (Wildman–Crippen LogP) is 0.772. The van der Waals surface area contributed by atoms with Crippen molar-refractivity contribution in [1.82, 2.24) is 10.4 Å². The molecule has 4 heteroatoms. The minimum absolute atomic E-state index is 0.0111. The van der Waals surface area contributed by atoms with E-state index in [1.807, 2.05) is 30.3 Å². The number of carbonyl (C=O) groups is 1. The summed E-state index contributed by atoms with van der Waals surface area (Å²) >= 11 is 0. The lowest BCUT2D eigenvalue weighted by Gasteiger charge is -2.14. The predicted molar refractivity (Wildman–Crippen MR) is 61.9 cm³/mol. The van der Waals surface area contributed by atoms with Crippen LogP contribution in [0.15, 0.2) is 35.9 Å². The Bertz CT molecular complexity index is 399. The van der Waals surface area contributed by atoms with Crippen molar-refractivity contribution in [2.45, 2.75) is 0 Å². The molecule has 0 aliphatic carbocycles. The molecule has 0 aliphatic heterocycles. The average molecular weight is 217 g/mol. The second kappa shape index (κ2) is 5.82. The van der Waals surface area contributed by atoms with Crippen LogP contribution in [0.5, 0.6) is 0 Å². The van der Waals surface area contributed by atoms with Crippen molar-refractivity contribution in [3.05, 3.63) is 41.5 Å². The van der Waals surface area contributed by atoms with Gasteiger partial charge < -0.3 is 0 Å². The van der Waals surface area contributed by atoms with Crippen LogP contribution in [0.3, 0.4) is 0 Å². The van der Waals surface area contributed by atoms with E-state index in [0.717, 1.165) is 5.56 Å². The van der Waals surface area contributed by atoms with E-state index in [1.54, 1.807) is 20.4 Å². The molecule has 0 atom stereocenters. The summed E-state index contributed by atoms with van der Waals surface area (Å²) in [6, 6.07) is 9.15. The smallest absolute Gasteiger partial charge is 0.271 e. The Labute approximate surface area is 94.5 Å². The van der Waals surface area contributed by atoms with Crippen LogP contribution >= 0.6 is 0 Å². The summed E-state index contributed by atoms with van der Waals surface area (Å²) in [5, 5.41) is 1.22. The molecule has 0 aliphatic rings. The Morgan fingerprint density at radius 2 is 2.00 bits per heavy atom. The van der Waals surface area contributed by atoms with Crippen LogP contribution in [0.1, 0.15) is 5.56 Å². The maximum Gasteiger partial charge on any atom is 0.271 e. The van der Waals surface area contributed by atoms with Crippen molar-refractivity contribution in [3.8, 4) is 0 Å². The van der Waals surface area contributed by atoms with Crippen LogP contribution in [-0.4, -0.2) is 31.3 Å². The highest BCUT2D eigenvalue weighted by molar-refractivity contribution is 6.14. The van der Waals surface area contributed by atoms with E-state index < -0.39 is 5.91 Å². The van der Waals surface area contributed by atoms with Gasteiger partial charge in [0, 0.05) is 14.1 Å². The third-order valence-corrected chi connectivity index (χ3v) is 2.09. The van der Waals surface area contributed by atoms with Gasteiger partial charge in [-0.1, -0.05) is 30.3 Å². The van der Waals surface area contributed by atoms with E-state index >= 15 is 0 Å². The summed E-state index contributed by atoms with van der Waals surface area (Å²) in [4.78, 5) is 22.3. The third kappa shape index (κ3) is 3.03. The molecule has 0 bridgehead atoms. The second-order valence-electron chi connectivity index (χ2n) is 3.16. The highest BCUT2D eigenvalue weighted by atomic mass is 16.2. The number of rotatable bonds is 4. The molecule has 16 heavy (non-hydrogen) atoms. The average Bonchev–Trinajstić information content (AvgIpc) is 2.35. The van der Waals surface area contributed by atoms with Gasteiger partial charge in [0.1, 0.15) is 0 Å². The zero-order chi connectivity index (χ0) is 12.0.